The maximum atomic E-state index is 5.97. The van der Waals surface area contributed by atoms with E-state index in [1.807, 2.05) is 5.76 Å². The average Bonchev–Trinajstić information content (AvgIpc) is 1.78. The average molecular weight is 244 g/mol. The quantitative estimate of drug-likeness (QED) is 0.503. The fraction of sp³-hybridized carbons (Fsp3) is 1.00. The van der Waals surface area contributed by atoms with Crippen LogP contribution >= 0.6 is 20.0 Å². The summed E-state index contributed by atoms with van der Waals surface area (Å²) < 4.78 is 0. The molecule has 0 spiro atoms. The van der Waals surface area contributed by atoms with Crippen LogP contribution < -0.4 is 0 Å². The van der Waals surface area contributed by atoms with Crippen molar-refractivity contribution in [1.82, 2.24) is 0 Å². The van der Waals surface area contributed by atoms with Crippen molar-refractivity contribution in [2.75, 3.05) is 0 Å². The molecule has 0 aromatic rings. The van der Waals surface area contributed by atoms with E-state index in [1.165, 1.54) is 25.7 Å². The second kappa shape index (κ2) is 5.73. The minimum atomic E-state index is -2.20. The van der Waals surface area contributed by atoms with E-state index in [1.54, 1.807) is 0 Å². The molecule has 0 unspecified atom stereocenters. The van der Waals surface area contributed by atoms with Crippen molar-refractivity contribution < 1.29 is 0 Å². The molecular formula is C7H16Cl2Ge. The number of unbranched alkanes of at least 4 members (excludes halogenated alkanes) is 3. The van der Waals surface area contributed by atoms with Crippen LogP contribution in [0.25, 0.3) is 0 Å². The molecule has 3 heteroatoms. The van der Waals surface area contributed by atoms with Gasteiger partial charge in [0, 0.05) is 0 Å². The molecule has 0 rings (SSSR count). The zero-order chi connectivity index (χ0) is 8.04. The van der Waals surface area contributed by atoms with Crippen molar-refractivity contribution in [3.8, 4) is 0 Å². The summed E-state index contributed by atoms with van der Waals surface area (Å²) in [5, 5.41) is 1.10. The van der Waals surface area contributed by atoms with Gasteiger partial charge in [-0.2, -0.15) is 0 Å². The van der Waals surface area contributed by atoms with Gasteiger partial charge in [-0.1, -0.05) is 0 Å². The van der Waals surface area contributed by atoms with Crippen LogP contribution in [-0.2, 0) is 0 Å². The third-order valence-corrected chi connectivity index (χ3v) is 6.02. The summed E-state index contributed by atoms with van der Waals surface area (Å²) >= 11 is -2.20. The Morgan fingerprint density at radius 1 is 1.10 bits per heavy atom. The van der Waals surface area contributed by atoms with Crippen molar-refractivity contribution >= 4 is 31.4 Å². The number of hydrogen-bond donors (Lipinski definition) is 0. The van der Waals surface area contributed by atoms with Crippen molar-refractivity contribution in [2.45, 2.75) is 43.6 Å². The molecule has 0 bridgehead atoms. The standard InChI is InChI=1S/C7H16Cl2Ge/c1-3-4-5-6-7-10(2,8)9/h3-7H2,1-2H3. The molecule has 62 valence electrons. The van der Waals surface area contributed by atoms with Gasteiger partial charge in [0.25, 0.3) is 0 Å². The third kappa shape index (κ3) is 9.12. The van der Waals surface area contributed by atoms with E-state index in [-0.39, 0.29) is 0 Å². The second-order valence-electron chi connectivity index (χ2n) is 2.88. The van der Waals surface area contributed by atoms with Gasteiger partial charge in [0.2, 0.25) is 0 Å². The maximum absolute atomic E-state index is 5.97. The van der Waals surface area contributed by atoms with Gasteiger partial charge in [0.15, 0.2) is 0 Å². The van der Waals surface area contributed by atoms with E-state index < -0.39 is 11.4 Å². The first-order valence-corrected chi connectivity index (χ1v) is 13.0. The van der Waals surface area contributed by atoms with Crippen LogP contribution in [0.3, 0.4) is 0 Å². The molecule has 10 heavy (non-hydrogen) atoms. The summed E-state index contributed by atoms with van der Waals surface area (Å²) in [5.74, 6) is 2.04. The topological polar surface area (TPSA) is 0 Å². The molecule has 0 aliphatic carbocycles. The molecule has 0 saturated carbocycles. The van der Waals surface area contributed by atoms with Gasteiger partial charge in [0.1, 0.15) is 0 Å². The Labute approximate surface area is 75.0 Å². The van der Waals surface area contributed by atoms with Gasteiger partial charge in [-0.15, -0.1) is 0 Å². The summed E-state index contributed by atoms with van der Waals surface area (Å²) in [6, 6.07) is 0. The third-order valence-electron chi connectivity index (χ3n) is 1.47. The predicted octanol–water partition coefficient (Wildman–Crippen LogP) is 4.12. The molecule has 0 atom stereocenters. The summed E-state index contributed by atoms with van der Waals surface area (Å²) in [4.78, 5) is 0. The van der Waals surface area contributed by atoms with Gasteiger partial charge >= 0.3 is 75.0 Å². The molecular weight excluding hydrogens is 228 g/mol. The van der Waals surface area contributed by atoms with Crippen LogP contribution in [0, 0.1) is 0 Å². The fourth-order valence-corrected chi connectivity index (χ4v) is 4.08. The van der Waals surface area contributed by atoms with E-state index in [9.17, 15) is 0 Å². The molecule has 0 aromatic carbocycles. The van der Waals surface area contributed by atoms with Gasteiger partial charge in [-0.3, -0.25) is 0 Å². The van der Waals surface area contributed by atoms with Crippen LogP contribution in [-0.4, -0.2) is 11.4 Å². The van der Waals surface area contributed by atoms with Crippen molar-refractivity contribution in [3.05, 3.63) is 0 Å². The Balaban J connectivity index is 3.04. The normalized spacial score (nSPS) is 12.0. The predicted molar refractivity (Wildman–Crippen MR) is 52.3 cm³/mol. The summed E-state index contributed by atoms with van der Waals surface area (Å²) in [5.41, 5.74) is 0. The number of halogens is 2. The van der Waals surface area contributed by atoms with Gasteiger partial charge in [0.05, 0.1) is 0 Å². The molecule has 0 aromatic heterocycles. The molecule has 0 N–H and O–H groups in total. The molecule has 0 nitrogen and oxygen atoms in total. The molecule has 0 aliphatic heterocycles. The Morgan fingerprint density at radius 2 is 1.70 bits per heavy atom. The molecule has 0 radical (unpaired) electrons. The van der Waals surface area contributed by atoms with E-state index >= 15 is 0 Å². The Hall–Kier alpha value is 1.12. The fourth-order valence-electron chi connectivity index (χ4n) is 0.862. The minimum absolute atomic E-state index is 1.10. The van der Waals surface area contributed by atoms with E-state index in [2.05, 4.69) is 6.92 Å². The van der Waals surface area contributed by atoms with Crippen molar-refractivity contribution in [1.29, 1.82) is 0 Å². The van der Waals surface area contributed by atoms with Crippen LogP contribution in [0.2, 0.25) is 11.0 Å². The second-order valence-corrected chi connectivity index (χ2v) is 18.1. The summed E-state index contributed by atoms with van der Waals surface area (Å²) in [6.45, 7) is 2.21. The molecule has 0 aliphatic rings. The molecule has 0 amide bonds. The first-order valence-electron chi connectivity index (χ1n) is 3.94. The number of hydrogen-bond acceptors (Lipinski definition) is 0. The zero-order valence-electron chi connectivity index (χ0n) is 6.79. The zero-order valence-corrected chi connectivity index (χ0v) is 10.4. The Morgan fingerprint density at radius 3 is 2.10 bits per heavy atom. The van der Waals surface area contributed by atoms with Crippen molar-refractivity contribution in [2.24, 2.45) is 0 Å². The molecule has 0 saturated heterocycles. The first-order chi connectivity index (χ1) is 4.56. The summed E-state index contributed by atoms with van der Waals surface area (Å²) in [7, 11) is 11.9. The Bertz CT molecular complexity index is 78.2. The van der Waals surface area contributed by atoms with Gasteiger partial charge in [-0.05, 0) is 0 Å². The van der Waals surface area contributed by atoms with Crippen LogP contribution in [0.15, 0.2) is 0 Å². The summed E-state index contributed by atoms with van der Waals surface area (Å²) in [6.07, 6.45) is 5.15. The van der Waals surface area contributed by atoms with E-state index in [0.717, 1.165) is 5.25 Å². The van der Waals surface area contributed by atoms with E-state index in [4.69, 9.17) is 20.0 Å². The van der Waals surface area contributed by atoms with Gasteiger partial charge < -0.3 is 0 Å². The van der Waals surface area contributed by atoms with E-state index in [0.29, 0.717) is 0 Å². The SMILES string of the molecule is CCCCC[CH2][Ge]([CH3])([Cl])[Cl]. The molecule has 0 fully saturated rings. The van der Waals surface area contributed by atoms with Crippen molar-refractivity contribution in [3.63, 3.8) is 0 Å². The number of rotatable bonds is 5. The first kappa shape index (κ1) is 11.1. The van der Waals surface area contributed by atoms with Crippen LogP contribution in [0.4, 0.5) is 0 Å². The van der Waals surface area contributed by atoms with Gasteiger partial charge in [-0.25, -0.2) is 0 Å². The Kier molecular flexibility index (Phi) is 6.38. The van der Waals surface area contributed by atoms with Crippen LogP contribution in [0.5, 0.6) is 0 Å². The monoisotopic (exact) mass is 244 g/mol. The molecule has 0 heterocycles. The van der Waals surface area contributed by atoms with Crippen LogP contribution in [0.1, 0.15) is 32.6 Å².